The van der Waals surface area contributed by atoms with E-state index >= 15 is 0 Å². The van der Waals surface area contributed by atoms with Crippen molar-refractivity contribution in [3.8, 4) is 34.9 Å². The SMILES string of the molecule is N#Cc1c(-n2c3c(c4ccccc42)C=CCC3)c(-n2c3c(c4ccccc42)C=C=C=C3)c(-n2c3ccccc3c3ccccc32)c(C#N)c1-n1c2ccccc2c2ccccc21. The zero-order valence-electron chi connectivity index (χ0n) is 33.3. The van der Waals surface area contributed by atoms with Crippen LogP contribution < -0.4 is 0 Å². The van der Waals surface area contributed by atoms with Gasteiger partial charge < -0.3 is 18.3 Å². The van der Waals surface area contributed by atoms with E-state index in [1.807, 2.05) is 24.3 Å². The molecule has 0 fully saturated rings. The van der Waals surface area contributed by atoms with Gasteiger partial charge in [-0.2, -0.15) is 10.5 Å². The van der Waals surface area contributed by atoms with Gasteiger partial charge in [0.2, 0.25) is 0 Å². The fraction of sp³-hybridized carbons (Fsp3) is 0.0357. The molecule has 7 aromatic carbocycles. The van der Waals surface area contributed by atoms with Crippen molar-refractivity contribution in [2.45, 2.75) is 12.8 Å². The Morgan fingerprint density at radius 3 is 1.32 bits per heavy atom. The quantitative estimate of drug-likeness (QED) is 0.167. The molecule has 4 heterocycles. The van der Waals surface area contributed by atoms with Crippen molar-refractivity contribution in [1.29, 1.82) is 10.5 Å². The van der Waals surface area contributed by atoms with Crippen LogP contribution in [0.2, 0.25) is 0 Å². The Morgan fingerprint density at radius 1 is 0.403 bits per heavy atom. The largest absolute Gasteiger partial charge is 0.310 e. The van der Waals surface area contributed by atoms with E-state index in [2.05, 4.69) is 187 Å². The summed E-state index contributed by atoms with van der Waals surface area (Å²) in [6.45, 7) is 0. The average Bonchev–Trinajstić information content (AvgIpc) is 4.06. The van der Waals surface area contributed by atoms with E-state index in [4.69, 9.17) is 0 Å². The summed E-state index contributed by atoms with van der Waals surface area (Å²) in [5.74, 6) is 0. The summed E-state index contributed by atoms with van der Waals surface area (Å²) in [5.41, 5.74) is 19.8. The van der Waals surface area contributed by atoms with Crippen LogP contribution in [0, 0.1) is 22.7 Å². The van der Waals surface area contributed by atoms with Crippen LogP contribution in [0.5, 0.6) is 0 Å². The lowest BCUT2D eigenvalue weighted by molar-refractivity contribution is 0.875. The molecule has 6 heteroatoms. The molecule has 0 saturated heterocycles. The van der Waals surface area contributed by atoms with Gasteiger partial charge >= 0.3 is 0 Å². The van der Waals surface area contributed by atoms with E-state index in [1.54, 1.807) is 0 Å². The Morgan fingerprint density at radius 2 is 0.806 bits per heavy atom. The predicted octanol–water partition coefficient (Wildman–Crippen LogP) is 13.3. The third-order valence-corrected chi connectivity index (χ3v) is 13.0. The number of nitrogens with zero attached hydrogens (tertiary/aromatic N) is 6. The van der Waals surface area contributed by atoms with Gasteiger partial charge in [0.15, 0.2) is 0 Å². The number of hydrogen-bond donors (Lipinski definition) is 0. The minimum absolute atomic E-state index is 0.390. The first-order valence-corrected chi connectivity index (χ1v) is 20.9. The molecule has 0 spiro atoms. The van der Waals surface area contributed by atoms with Crippen molar-refractivity contribution >= 4 is 83.6 Å². The third-order valence-electron chi connectivity index (χ3n) is 13.0. The van der Waals surface area contributed by atoms with Gasteiger partial charge in [-0.3, -0.25) is 0 Å². The van der Waals surface area contributed by atoms with Crippen molar-refractivity contribution < 1.29 is 0 Å². The summed E-state index contributed by atoms with van der Waals surface area (Å²) in [5, 5.41) is 30.6. The number of rotatable bonds is 4. The van der Waals surface area contributed by atoms with Gasteiger partial charge in [-0.1, -0.05) is 133 Å². The van der Waals surface area contributed by atoms with Crippen LogP contribution in [0.3, 0.4) is 0 Å². The summed E-state index contributed by atoms with van der Waals surface area (Å²) in [4.78, 5) is 0. The van der Waals surface area contributed by atoms with E-state index in [0.29, 0.717) is 28.2 Å². The van der Waals surface area contributed by atoms with Gasteiger partial charge in [-0.15, -0.1) is 0 Å². The lowest BCUT2D eigenvalue weighted by Crippen LogP contribution is -2.18. The minimum Gasteiger partial charge on any atom is -0.310 e. The maximum absolute atomic E-state index is 12.1. The lowest BCUT2D eigenvalue weighted by Gasteiger charge is -2.28. The second kappa shape index (κ2) is 12.9. The van der Waals surface area contributed by atoms with Gasteiger partial charge in [0.25, 0.3) is 0 Å². The molecule has 0 amide bonds. The molecule has 4 aromatic heterocycles. The molecule has 0 N–H and O–H groups in total. The number of nitriles is 2. The van der Waals surface area contributed by atoms with Gasteiger partial charge in [0.05, 0.1) is 61.5 Å². The van der Waals surface area contributed by atoms with Crippen molar-refractivity contribution in [3.63, 3.8) is 0 Å². The Bertz CT molecular complexity index is 3930. The normalized spacial score (nSPS) is 12.9. The molecular weight excluding hydrogens is 757 g/mol. The zero-order chi connectivity index (χ0) is 41.1. The van der Waals surface area contributed by atoms with Crippen molar-refractivity contribution in [2.75, 3.05) is 0 Å². The fourth-order valence-corrected chi connectivity index (χ4v) is 10.6. The smallest absolute Gasteiger partial charge is 0.104 e. The van der Waals surface area contributed by atoms with E-state index in [1.165, 1.54) is 0 Å². The molecule has 11 aromatic rings. The number of para-hydroxylation sites is 6. The molecule has 0 bridgehead atoms. The first-order valence-electron chi connectivity index (χ1n) is 20.9. The molecule has 0 saturated carbocycles. The Labute approximate surface area is 355 Å². The Kier molecular flexibility index (Phi) is 7.09. The lowest BCUT2D eigenvalue weighted by atomic mass is 9.98. The molecule has 0 radical (unpaired) electrons. The summed E-state index contributed by atoms with van der Waals surface area (Å²) in [6.07, 6.45) is 10.1. The maximum atomic E-state index is 12.1. The standard InChI is InChI=1S/C56H32N6/c57-33-43-53(59-45-25-9-1-17-35(45)36-18-2-10-26-46(36)59)44(34-58)55(61-49-29-13-5-21-39(49)40-22-6-14-30-50(40)61)56(62-51-31-15-7-23-41(51)42-24-8-16-32-52(42)62)54(43)60-47-27-11-3-19-37(47)38-20-4-12-28-48(38)60/h1-7,9-13,15,17-29,31-32H,14,30H2. The highest BCUT2D eigenvalue weighted by molar-refractivity contribution is 6.13. The van der Waals surface area contributed by atoms with Gasteiger partial charge in [0, 0.05) is 55.2 Å². The molecule has 2 aliphatic rings. The first-order chi connectivity index (χ1) is 30.8. The second-order valence-electron chi connectivity index (χ2n) is 16.0. The monoisotopic (exact) mass is 788 g/mol. The van der Waals surface area contributed by atoms with Crippen molar-refractivity contribution in [2.24, 2.45) is 0 Å². The summed E-state index contributed by atoms with van der Waals surface area (Å²) < 4.78 is 9.06. The fourth-order valence-electron chi connectivity index (χ4n) is 10.6. The van der Waals surface area contributed by atoms with Crippen LogP contribution in [0.4, 0.5) is 0 Å². The van der Waals surface area contributed by atoms with E-state index in [0.717, 1.165) is 106 Å². The number of allylic oxidation sites excluding steroid dienone is 1. The number of hydrogen-bond acceptors (Lipinski definition) is 2. The van der Waals surface area contributed by atoms with Crippen LogP contribution in [0.15, 0.2) is 163 Å². The summed E-state index contributed by atoms with van der Waals surface area (Å²) in [7, 11) is 0. The molecule has 0 aliphatic heterocycles. The molecule has 13 rings (SSSR count). The molecular formula is C56H32N6. The summed E-state index contributed by atoms with van der Waals surface area (Å²) >= 11 is 0. The molecule has 62 heavy (non-hydrogen) atoms. The highest BCUT2D eigenvalue weighted by atomic mass is 15.1. The van der Waals surface area contributed by atoms with Crippen LogP contribution in [-0.2, 0) is 6.42 Å². The summed E-state index contributed by atoms with van der Waals surface area (Å²) in [6, 6.07) is 56.0. The molecule has 2 aliphatic carbocycles. The van der Waals surface area contributed by atoms with Crippen LogP contribution in [0.1, 0.15) is 40.1 Å². The van der Waals surface area contributed by atoms with E-state index < -0.39 is 0 Å². The van der Waals surface area contributed by atoms with Crippen LogP contribution in [-0.4, -0.2) is 18.3 Å². The number of aromatic nitrogens is 4. The van der Waals surface area contributed by atoms with Crippen LogP contribution >= 0.6 is 0 Å². The van der Waals surface area contributed by atoms with Gasteiger partial charge in [-0.05, 0) is 55.3 Å². The van der Waals surface area contributed by atoms with E-state index in [-0.39, 0.29) is 0 Å². The highest BCUT2D eigenvalue weighted by Gasteiger charge is 2.35. The van der Waals surface area contributed by atoms with Gasteiger partial charge in [0.1, 0.15) is 23.3 Å². The average molecular weight is 789 g/mol. The second-order valence-corrected chi connectivity index (χ2v) is 16.0. The Hall–Kier alpha value is -8.76. The van der Waals surface area contributed by atoms with E-state index in [9.17, 15) is 10.5 Å². The van der Waals surface area contributed by atoms with Crippen molar-refractivity contribution in [1.82, 2.24) is 18.3 Å². The molecule has 0 unspecified atom stereocenters. The number of benzene rings is 7. The molecule has 286 valence electrons. The topological polar surface area (TPSA) is 67.3 Å². The maximum Gasteiger partial charge on any atom is 0.104 e. The minimum atomic E-state index is 0.390. The zero-order valence-corrected chi connectivity index (χ0v) is 33.3. The number of fused-ring (bicyclic) bond motifs is 12. The third kappa shape index (κ3) is 4.41. The Balaban J connectivity index is 1.38. The van der Waals surface area contributed by atoms with Gasteiger partial charge in [-0.25, -0.2) is 0 Å². The van der Waals surface area contributed by atoms with Crippen molar-refractivity contribution in [3.05, 3.63) is 197 Å². The first kappa shape index (κ1) is 34.1. The predicted molar refractivity (Wildman–Crippen MR) is 252 cm³/mol. The molecule has 0 atom stereocenters. The highest BCUT2D eigenvalue weighted by Crippen LogP contribution is 2.49. The molecule has 6 nitrogen and oxygen atoms in total. The van der Waals surface area contributed by atoms with Crippen LogP contribution in [0.25, 0.3) is 106 Å².